The van der Waals surface area contributed by atoms with Gasteiger partial charge in [-0.1, -0.05) is 31.5 Å². The molecular weight excluding hydrogens is 322 g/mol. The molecule has 1 unspecified atom stereocenters. The summed E-state index contributed by atoms with van der Waals surface area (Å²) in [5.41, 5.74) is 0.699. The van der Waals surface area contributed by atoms with Gasteiger partial charge in [0.2, 0.25) is 11.8 Å². The van der Waals surface area contributed by atoms with Crippen LogP contribution in [0.1, 0.15) is 26.2 Å². The Hall–Kier alpha value is -2.41. The van der Waals surface area contributed by atoms with E-state index in [2.05, 4.69) is 10.6 Å². The Morgan fingerprint density at radius 1 is 1.32 bits per heavy atom. The molecule has 1 saturated heterocycles. The van der Waals surface area contributed by atoms with Crippen molar-refractivity contribution in [2.45, 2.75) is 32.2 Å². The molecule has 2 rings (SSSR count). The molecule has 7 heteroatoms. The average Bonchev–Trinajstić information content (AvgIpc) is 2.59. The van der Waals surface area contributed by atoms with Crippen LogP contribution in [0.2, 0.25) is 0 Å². The fraction of sp³-hybridized carbons (Fsp3) is 0.500. The van der Waals surface area contributed by atoms with Gasteiger partial charge in [0.05, 0.1) is 19.6 Å². The highest BCUT2D eigenvalue weighted by Crippen LogP contribution is 2.11. The Bertz CT molecular complexity index is 591. The van der Waals surface area contributed by atoms with Crippen LogP contribution in [0.25, 0.3) is 0 Å². The number of para-hydroxylation sites is 1. The minimum Gasteiger partial charge on any atom is -0.466 e. The zero-order valence-corrected chi connectivity index (χ0v) is 14.5. The second-order valence-corrected chi connectivity index (χ2v) is 5.97. The van der Waals surface area contributed by atoms with Crippen molar-refractivity contribution in [3.8, 4) is 0 Å². The molecule has 0 bridgehead atoms. The van der Waals surface area contributed by atoms with E-state index in [0.717, 1.165) is 12.8 Å². The summed E-state index contributed by atoms with van der Waals surface area (Å²) in [7, 11) is 0. The number of amides is 2. The first-order valence-electron chi connectivity index (χ1n) is 8.62. The van der Waals surface area contributed by atoms with Gasteiger partial charge in [0, 0.05) is 18.8 Å². The molecule has 0 aromatic heterocycles. The number of nitrogens with one attached hydrogen (secondary N) is 2. The highest BCUT2D eigenvalue weighted by atomic mass is 16.5. The van der Waals surface area contributed by atoms with Crippen LogP contribution < -0.4 is 10.6 Å². The topological polar surface area (TPSA) is 87.7 Å². The van der Waals surface area contributed by atoms with Gasteiger partial charge in [-0.05, 0) is 18.6 Å². The zero-order chi connectivity index (χ0) is 18.1. The second kappa shape index (κ2) is 9.78. The summed E-state index contributed by atoms with van der Waals surface area (Å²) in [4.78, 5) is 38.0. The molecule has 1 aliphatic rings. The van der Waals surface area contributed by atoms with Gasteiger partial charge in [0.1, 0.15) is 6.04 Å². The number of carbonyl (C=O) groups is 3. The number of carbonyl (C=O) groups excluding carboxylic acids is 3. The Labute approximate surface area is 147 Å². The molecular formula is C18H25N3O4. The fourth-order valence-corrected chi connectivity index (χ4v) is 2.63. The maximum absolute atomic E-state index is 12.2. The summed E-state index contributed by atoms with van der Waals surface area (Å²) in [5.74, 6) is -0.875. The van der Waals surface area contributed by atoms with E-state index < -0.39 is 12.0 Å². The lowest BCUT2D eigenvalue weighted by atomic mass is 10.1. The molecule has 2 amide bonds. The van der Waals surface area contributed by atoms with Crippen LogP contribution in [0, 0.1) is 0 Å². The largest absolute Gasteiger partial charge is 0.466 e. The molecule has 1 aliphatic heterocycles. The van der Waals surface area contributed by atoms with Crippen molar-refractivity contribution >= 4 is 23.5 Å². The summed E-state index contributed by atoms with van der Waals surface area (Å²) in [6.07, 6.45) is 1.68. The smallest absolute Gasteiger partial charge is 0.307 e. The lowest BCUT2D eigenvalue weighted by molar-refractivity contribution is -0.149. The predicted molar refractivity (Wildman–Crippen MR) is 93.9 cm³/mol. The van der Waals surface area contributed by atoms with Crippen LogP contribution in [0.15, 0.2) is 30.3 Å². The zero-order valence-electron chi connectivity index (χ0n) is 14.5. The summed E-state index contributed by atoms with van der Waals surface area (Å²) in [6, 6.07) is 8.44. The molecule has 2 N–H and O–H groups in total. The number of unbranched alkanes of at least 4 members (excludes halogenated alkanes) is 1. The highest BCUT2D eigenvalue weighted by molar-refractivity contribution is 5.93. The Balaban J connectivity index is 1.90. The van der Waals surface area contributed by atoms with Crippen molar-refractivity contribution in [2.24, 2.45) is 0 Å². The molecule has 136 valence electrons. The standard InChI is InChI=1S/C18H25N3O4/c1-2-3-11-25-17(23)12-15-18(24)19-9-10-21(15)13-16(22)20-14-7-5-4-6-8-14/h4-8,15H,2-3,9-13H2,1H3,(H,19,24)(H,20,22). The third-order valence-electron chi connectivity index (χ3n) is 3.97. The SMILES string of the molecule is CCCCOC(=O)CC1C(=O)NCCN1CC(=O)Nc1ccccc1. The average molecular weight is 347 g/mol. The van der Waals surface area contributed by atoms with E-state index in [1.54, 1.807) is 17.0 Å². The van der Waals surface area contributed by atoms with Crippen LogP contribution >= 0.6 is 0 Å². The summed E-state index contributed by atoms with van der Waals surface area (Å²) in [5, 5.41) is 5.53. The molecule has 0 saturated carbocycles. The van der Waals surface area contributed by atoms with Crippen molar-refractivity contribution in [1.29, 1.82) is 0 Å². The fourth-order valence-electron chi connectivity index (χ4n) is 2.63. The highest BCUT2D eigenvalue weighted by Gasteiger charge is 2.33. The van der Waals surface area contributed by atoms with Crippen LogP contribution in [-0.4, -0.2) is 55.0 Å². The first kappa shape index (κ1) is 18.9. The van der Waals surface area contributed by atoms with E-state index in [1.807, 2.05) is 25.1 Å². The van der Waals surface area contributed by atoms with Crippen molar-refractivity contribution in [1.82, 2.24) is 10.2 Å². The number of hydrogen-bond donors (Lipinski definition) is 2. The number of piperazine rings is 1. The monoisotopic (exact) mass is 347 g/mol. The normalized spacial score (nSPS) is 17.6. The summed E-state index contributed by atoms with van der Waals surface area (Å²) >= 11 is 0. The maximum Gasteiger partial charge on any atom is 0.307 e. The van der Waals surface area contributed by atoms with Gasteiger partial charge in [-0.3, -0.25) is 19.3 Å². The number of rotatable bonds is 8. The van der Waals surface area contributed by atoms with Crippen LogP contribution in [0.4, 0.5) is 5.69 Å². The molecule has 1 aromatic carbocycles. The van der Waals surface area contributed by atoms with Gasteiger partial charge in [-0.2, -0.15) is 0 Å². The van der Waals surface area contributed by atoms with E-state index >= 15 is 0 Å². The van der Waals surface area contributed by atoms with Crippen molar-refractivity contribution in [2.75, 3.05) is 31.6 Å². The van der Waals surface area contributed by atoms with Gasteiger partial charge >= 0.3 is 5.97 Å². The Kier molecular flexibility index (Phi) is 7.40. The molecule has 1 aromatic rings. The van der Waals surface area contributed by atoms with Gasteiger partial charge in [0.25, 0.3) is 0 Å². The molecule has 1 heterocycles. The van der Waals surface area contributed by atoms with E-state index in [1.165, 1.54) is 0 Å². The van der Waals surface area contributed by atoms with Crippen molar-refractivity contribution < 1.29 is 19.1 Å². The number of anilines is 1. The maximum atomic E-state index is 12.2. The van der Waals surface area contributed by atoms with Crippen LogP contribution in [0.3, 0.4) is 0 Å². The van der Waals surface area contributed by atoms with Crippen molar-refractivity contribution in [3.05, 3.63) is 30.3 Å². The minimum absolute atomic E-state index is 0.0475. The first-order chi connectivity index (χ1) is 12.1. The minimum atomic E-state index is -0.676. The predicted octanol–water partition coefficient (Wildman–Crippen LogP) is 1.16. The van der Waals surface area contributed by atoms with E-state index in [-0.39, 0.29) is 24.8 Å². The molecule has 25 heavy (non-hydrogen) atoms. The van der Waals surface area contributed by atoms with E-state index in [4.69, 9.17) is 4.74 Å². The van der Waals surface area contributed by atoms with Crippen LogP contribution in [-0.2, 0) is 19.1 Å². The van der Waals surface area contributed by atoms with Crippen LogP contribution in [0.5, 0.6) is 0 Å². The molecule has 1 fully saturated rings. The molecule has 0 aliphatic carbocycles. The number of esters is 1. The Morgan fingerprint density at radius 3 is 2.80 bits per heavy atom. The van der Waals surface area contributed by atoms with Gasteiger partial charge in [-0.15, -0.1) is 0 Å². The number of ether oxygens (including phenoxy) is 1. The quantitative estimate of drug-likeness (QED) is 0.544. The molecule has 7 nitrogen and oxygen atoms in total. The third-order valence-corrected chi connectivity index (χ3v) is 3.97. The molecule has 0 spiro atoms. The molecule has 0 radical (unpaired) electrons. The number of nitrogens with zero attached hydrogens (tertiary/aromatic N) is 1. The lowest BCUT2D eigenvalue weighted by Gasteiger charge is -2.33. The second-order valence-electron chi connectivity index (χ2n) is 5.97. The third kappa shape index (κ3) is 6.19. The van der Waals surface area contributed by atoms with Gasteiger partial charge < -0.3 is 15.4 Å². The van der Waals surface area contributed by atoms with Crippen molar-refractivity contribution in [3.63, 3.8) is 0 Å². The summed E-state index contributed by atoms with van der Waals surface area (Å²) in [6.45, 7) is 3.39. The number of hydrogen-bond acceptors (Lipinski definition) is 5. The van der Waals surface area contributed by atoms with Gasteiger partial charge in [-0.25, -0.2) is 0 Å². The Morgan fingerprint density at radius 2 is 2.08 bits per heavy atom. The lowest BCUT2D eigenvalue weighted by Crippen LogP contribution is -2.57. The first-order valence-corrected chi connectivity index (χ1v) is 8.62. The summed E-state index contributed by atoms with van der Waals surface area (Å²) < 4.78 is 5.14. The number of benzene rings is 1. The van der Waals surface area contributed by atoms with E-state index in [0.29, 0.717) is 25.4 Å². The van der Waals surface area contributed by atoms with E-state index in [9.17, 15) is 14.4 Å². The molecule has 1 atom stereocenters. The van der Waals surface area contributed by atoms with Gasteiger partial charge in [0.15, 0.2) is 0 Å².